The lowest BCUT2D eigenvalue weighted by atomic mass is 10.1. The van der Waals surface area contributed by atoms with Gasteiger partial charge in [-0.3, -0.25) is 4.79 Å². The predicted octanol–water partition coefficient (Wildman–Crippen LogP) is 3.48. The van der Waals surface area contributed by atoms with Crippen LogP contribution in [-0.2, 0) is 9.53 Å². The van der Waals surface area contributed by atoms with Gasteiger partial charge in [-0.15, -0.1) is 10.2 Å². The summed E-state index contributed by atoms with van der Waals surface area (Å²) >= 11 is 2.86. The van der Waals surface area contributed by atoms with E-state index in [2.05, 4.69) is 27.8 Å². The number of aryl methyl sites for hydroxylation is 2. The third kappa shape index (κ3) is 5.42. The number of carbonyl (C=O) groups is 1. The van der Waals surface area contributed by atoms with Gasteiger partial charge in [0.2, 0.25) is 11.0 Å². The molecule has 6 nitrogen and oxygen atoms in total. The van der Waals surface area contributed by atoms with E-state index >= 15 is 0 Å². The number of hydrogen-bond donors (Lipinski definition) is 2. The lowest BCUT2D eigenvalue weighted by Gasteiger charge is -2.08. The van der Waals surface area contributed by atoms with Crippen molar-refractivity contribution in [2.45, 2.75) is 37.1 Å². The summed E-state index contributed by atoms with van der Waals surface area (Å²) in [5.74, 6) is 0.269. The van der Waals surface area contributed by atoms with Gasteiger partial charge in [-0.2, -0.15) is 0 Å². The van der Waals surface area contributed by atoms with E-state index in [1.807, 2.05) is 25.1 Å². The quantitative estimate of drug-likeness (QED) is 0.719. The molecule has 134 valence electrons. The zero-order chi connectivity index (χ0) is 17.6. The summed E-state index contributed by atoms with van der Waals surface area (Å²) in [6.07, 6.45) is 2.48. The molecule has 1 aromatic carbocycles. The van der Waals surface area contributed by atoms with Gasteiger partial charge >= 0.3 is 0 Å². The highest BCUT2D eigenvalue weighted by Gasteiger charge is 2.16. The van der Waals surface area contributed by atoms with Crippen molar-refractivity contribution in [1.29, 1.82) is 0 Å². The molecule has 0 aliphatic carbocycles. The van der Waals surface area contributed by atoms with E-state index < -0.39 is 0 Å². The Balaban J connectivity index is 1.43. The summed E-state index contributed by atoms with van der Waals surface area (Å²) in [4.78, 5) is 12.1. The van der Waals surface area contributed by atoms with Crippen molar-refractivity contribution in [3.63, 3.8) is 0 Å². The van der Waals surface area contributed by atoms with Crippen LogP contribution in [0.3, 0.4) is 0 Å². The van der Waals surface area contributed by atoms with E-state index in [1.165, 1.54) is 28.7 Å². The molecule has 2 aromatic rings. The maximum Gasteiger partial charge on any atom is 0.234 e. The van der Waals surface area contributed by atoms with Gasteiger partial charge in [0.15, 0.2) is 4.34 Å². The molecule has 1 fully saturated rings. The molecule has 1 atom stereocenters. The Morgan fingerprint density at radius 3 is 3.00 bits per heavy atom. The summed E-state index contributed by atoms with van der Waals surface area (Å²) in [5, 5.41) is 15.2. The van der Waals surface area contributed by atoms with Crippen molar-refractivity contribution in [2.75, 3.05) is 29.5 Å². The normalized spacial score (nSPS) is 16.8. The van der Waals surface area contributed by atoms with Crippen LogP contribution in [0.4, 0.5) is 10.8 Å². The minimum Gasteiger partial charge on any atom is -0.376 e. The van der Waals surface area contributed by atoms with Crippen LogP contribution < -0.4 is 10.6 Å². The van der Waals surface area contributed by atoms with Crippen LogP contribution in [0.1, 0.15) is 24.0 Å². The highest BCUT2D eigenvalue weighted by Crippen LogP contribution is 2.26. The maximum atomic E-state index is 12.1. The first-order valence-electron chi connectivity index (χ1n) is 8.29. The second-order valence-electron chi connectivity index (χ2n) is 6.02. The third-order valence-corrected chi connectivity index (χ3v) is 6.04. The third-order valence-electron chi connectivity index (χ3n) is 4.03. The van der Waals surface area contributed by atoms with E-state index in [-0.39, 0.29) is 12.0 Å². The fourth-order valence-corrected chi connectivity index (χ4v) is 4.05. The molecule has 1 aromatic heterocycles. The van der Waals surface area contributed by atoms with Crippen LogP contribution >= 0.6 is 23.1 Å². The molecule has 1 unspecified atom stereocenters. The Morgan fingerprint density at radius 1 is 1.36 bits per heavy atom. The molecule has 3 rings (SSSR count). The molecule has 0 bridgehead atoms. The average Bonchev–Trinajstić information content (AvgIpc) is 3.26. The monoisotopic (exact) mass is 378 g/mol. The highest BCUT2D eigenvalue weighted by molar-refractivity contribution is 8.01. The first-order valence-corrected chi connectivity index (χ1v) is 10.1. The first-order chi connectivity index (χ1) is 12.1. The Morgan fingerprint density at radius 2 is 2.24 bits per heavy atom. The Bertz CT molecular complexity index is 729. The Labute approximate surface area is 155 Å². The van der Waals surface area contributed by atoms with Crippen molar-refractivity contribution < 1.29 is 9.53 Å². The van der Waals surface area contributed by atoms with Crippen LogP contribution in [0, 0.1) is 13.8 Å². The number of carbonyl (C=O) groups excluding carboxylic acids is 1. The van der Waals surface area contributed by atoms with E-state index in [0.29, 0.717) is 5.75 Å². The lowest BCUT2D eigenvalue weighted by Crippen LogP contribution is -2.18. The molecule has 2 heterocycles. The minimum atomic E-state index is -0.0442. The molecule has 0 spiro atoms. The molecule has 2 N–H and O–H groups in total. The molecule has 1 amide bonds. The number of ether oxygens (including phenoxy) is 1. The van der Waals surface area contributed by atoms with Crippen LogP contribution in [-0.4, -0.2) is 41.1 Å². The second-order valence-corrected chi connectivity index (χ2v) is 8.22. The number of nitrogens with zero attached hydrogens (tertiary/aromatic N) is 2. The minimum absolute atomic E-state index is 0.0442. The molecule has 0 radical (unpaired) electrons. The topological polar surface area (TPSA) is 76.1 Å². The van der Waals surface area contributed by atoms with Crippen LogP contribution in [0.5, 0.6) is 0 Å². The van der Waals surface area contributed by atoms with Gasteiger partial charge in [0, 0.05) is 18.8 Å². The number of hydrogen-bond acceptors (Lipinski definition) is 7. The van der Waals surface area contributed by atoms with Gasteiger partial charge in [0.25, 0.3) is 0 Å². The maximum absolute atomic E-state index is 12.1. The number of amides is 1. The number of thioether (sulfide) groups is 1. The summed E-state index contributed by atoms with van der Waals surface area (Å²) < 4.78 is 6.35. The lowest BCUT2D eigenvalue weighted by molar-refractivity contribution is -0.113. The van der Waals surface area contributed by atoms with Gasteiger partial charge < -0.3 is 15.4 Å². The molecule has 1 saturated heterocycles. The van der Waals surface area contributed by atoms with Crippen molar-refractivity contribution in [3.8, 4) is 0 Å². The number of anilines is 2. The molecule has 25 heavy (non-hydrogen) atoms. The van der Waals surface area contributed by atoms with E-state index in [4.69, 9.17) is 4.74 Å². The SMILES string of the molecule is Cc1ccc(NC(=O)CSc2nnc(NCC3CCCO3)s2)cc1C. The summed E-state index contributed by atoms with van der Waals surface area (Å²) in [6.45, 7) is 5.69. The van der Waals surface area contributed by atoms with Crippen molar-refractivity contribution in [1.82, 2.24) is 10.2 Å². The zero-order valence-corrected chi connectivity index (χ0v) is 16.0. The molecular formula is C17H22N4O2S2. The molecule has 1 aliphatic heterocycles. The van der Waals surface area contributed by atoms with Crippen LogP contribution in [0.2, 0.25) is 0 Å². The van der Waals surface area contributed by atoms with Crippen LogP contribution in [0.25, 0.3) is 0 Å². The summed E-state index contributed by atoms with van der Waals surface area (Å²) in [7, 11) is 0. The molecule has 8 heteroatoms. The van der Waals surface area contributed by atoms with Gasteiger partial charge in [0.05, 0.1) is 11.9 Å². The largest absolute Gasteiger partial charge is 0.376 e. The van der Waals surface area contributed by atoms with Gasteiger partial charge in [0.1, 0.15) is 0 Å². The van der Waals surface area contributed by atoms with Crippen molar-refractivity contribution in [2.24, 2.45) is 0 Å². The van der Waals surface area contributed by atoms with Gasteiger partial charge in [-0.05, 0) is 49.9 Å². The summed E-state index contributed by atoms with van der Waals surface area (Å²) in [5.41, 5.74) is 3.20. The number of nitrogens with one attached hydrogen (secondary N) is 2. The van der Waals surface area contributed by atoms with Crippen molar-refractivity contribution >= 4 is 39.8 Å². The van der Waals surface area contributed by atoms with Crippen LogP contribution in [0.15, 0.2) is 22.5 Å². The number of aromatic nitrogens is 2. The zero-order valence-electron chi connectivity index (χ0n) is 14.4. The van der Waals surface area contributed by atoms with Gasteiger partial charge in [-0.25, -0.2) is 0 Å². The first kappa shape index (κ1) is 18.2. The fraction of sp³-hybridized carbons (Fsp3) is 0.471. The molecular weight excluding hydrogens is 356 g/mol. The van der Waals surface area contributed by atoms with E-state index in [1.54, 1.807) is 0 Å². The van der Waals surface area contributed by atoms with Gasteiger partial charge in [-0.1, -0.05) is 29.2 Å². The Kier molecular flexibility index (Phi) is 6.28. The second kappa shape index (κ2) is 8.64. The smallest absolute Gasteiger partial charge is 0.234 e. The van der Waals surface area contributed by atoms with Crippen molar-refractivity contribution in [3.05, 3.63) is 29.3 Å². The highest BCUT2D eigenvalue weighted by atomic mass is 32.2. The van der Waals surface area contributed by atoms with E-state index in [0.717, 1.165) is 46.7 Å². The average molecular weight is 379 g/mol. The number of benzene rings is 1. The standard InChI is InChI=1S/C17H22N4O2S2/c1-11-5-6-13(8-12(11)2)19-15(22)10-24-17-21-20-16(25-17)18-9-14-4-3-7-23-14/h5-6,8,14H,3-4,7,9-10H2,1-2H3,(H,18,20)(H,19,22). The molecule has 0 saturated carbocycles. The molecule has 1 aliphatic rings. The predicted molar refractivity (Wildman–Crippen MR) is 103 cm³/mol. The number of rotatable bonds is 7. The fourth-order valence-electron chi connectivity index (χ4n) is 2.49. The van der Waals surface area contributed by atoms with E-state index in [9.17, 15) is 4.79 Å². The summed E-state index contributed by atoms with van der Waals surface area (Å²) in [6, 6.07) is 5.91. The Hall–Kier alpha value is -1.64.